The van der Waals surface area contributed by atoms with Gasteiger partial charge in [-0.05, 0) is 12.1 Å². The van der Waals surface area contributed by atoms with Gasteiger partial charge in [-0.3, -0.25) is 0 Å². The van der Waals surface area contributed by atoms with Crippen molar-refractivity contribution in [2.75, 3.05) is 32.5 Å². The van der Waals surface area contributed by atoms with E-state index >= 15 is 0 Å². The van der Waals surface area contributed by atoms with Gasteiger partial charge in [0.25, 0.3) is 0 Å². The number of nitrogens with two attached hydrogens (primary N) is 1. The Morgan fingerprint density at radius 2 is 2.00 bits per heavy atom. The van der Waals surface area contributed by atoms with E-state index in [4.69, 9.17) is 26.8 Å². The van der Waals surface area contributed by atoms with E-state index < -0.39 is 35.2 Å². The number of fused-ring (bicyclic) bond motifs is 1. The van der Waals surface area contributed by atoms with Crippen molar-refractivity contribution in [1.29, 1.82) is 0 Å². The zero-order valence-corrected chi connectivity index (χ0v) is 17.1. The van der Waals surface area contributed by atoms with Crippen molar-refractivity contribution in [3.63, 3.8) is 0 Å². The number of nitrogen functional groups attached to an aromatic ring is 1. The molecule has 0 aliphatic carbocycles. The number of carbonyl (C=O) groups excluding carboxylic acids is 1. The lowest BCUT2D eigenvalue weighted by atomic mass is 10.0. The average Bonchev–Trinajstić information content (AvgIpc) is 3.04. The lowest BCUT2D eigenvalue weighted by Crippen LogP contribution is -2.46. The summed E-state index contributed by atoms with van der Waals surface area (Å²) in [6, 6.07) is 3.23. The maximum Gasteiger partial charge on any atom is 0.409 e. The summed E-state index contributed by atoms with van der Waals surface area (Å²) >= 11 is 5.86. The van der Waals surface area contributed by atoms with Gasteiger partial charge >= 0.3 is 6.09 Å². The second-order valence-corrected chi connectivity index (χ2v) is 7.48. The van der Waals surface area contributed by atoms with Crippen molar-refractivity contribution in [1.82, 2.24) is 14.3 Å². The number of pyridine rings is 1. The molecule has 1 aromatic carbocycles. The van der Waals surface area contributed by atoms with E-state index in [-0.39, 0.29) is 41.6 Å². The molecule has 1 aliphatic heterocycles. The monoisotopic (exact) mass is 454 g/mol. The van der Waals surface area contributed by atoms with E-state index in [9.17, 15) is 18.0 Å². The fraction of sp³-hybridized carbons (Fsp3) is 0.300. The molecule has 0 bridgehead atoms. The molecule has 2 aromatic heterocycles. The minimum absolute atomic E-state index is 0.0320. The summed E-state index contributed by atoms with van der Waals surface area (Å²) in [5.41, 5.74) is 5.51. The highest BCUT2D eigenvalue weighted by molar-refractivity contribution is 6.31. The topological polar surface area (TPSA) is 82.1 Å². The molecule has 1 atom stereocenters. The molecule has 164 valence electrons. The maximum atomic E-state index is 14.7. The van der Waals surface area contributed by atoms with Crippen LogP contribution in [0.5, 0.6) is 0 Å². The van der Waals surface area contributed by atoms with Crippen molar-refractivity contribution in [2.45, 2.75) is 12.5 Å². The Labute approximate surface area is 180 Å². The van der Waals surface area contributed by atoms with E-state index in [1.54, 1.807) is 0 Å². The van der Waals surface area contributed by atoms with Crippen LogP contribution in [0.15, 0.2) is 24.4 Å². The van der Waals surface area contributed by atoms with Crippen molar-refractivity contribution >= 4 is 29.0 Å². The third kappa shape index (κ3) is 4.00. The highest BCUT2D eigenvalue weighted by Crippen LogP contribution is 2.33. The van der Waals surface area contributed by atoms with Crippen LogP contribution in [0.1, 0.15) is 5.69 Å². The molecule has 0 spiro atoms. The lowest BCUT2D eigenvalue weighted by Gasteiger charge is -2.32. The van der Waals surface area contributed by atoms with Gasteiger partial charge in [0.2, 0.25) is 0 Å². The molecule has 0 saturated carbocycles. The first kappa shape index (κ1) is 21.3. The molecule has 2 N–H and O–H groups in total. The Hall–Kier alpha value is -2.98. The van der Waals surface area contributed by atoms with Crippen molar-refractivity contribution in [3.8, 4) is 11.3 Å². The zero-order chi connectivity index (χ0) is 22.3. The molecular formula is C20H18ClF3N4O3. The van der Waals surface area contributed by atoms with Crippen LogP contribution in [0, 0.1) is 17.5 Å². The number of amides is 1. The number of benzene rings is 1. The van der Waals surface area contributed by atoms with Gasteiger partial charge in [-0.2, -0.15) is 0 Å². The molecule has 3 heterocycles. The van der Waals surface area contributed by atoms with Crippen LogP contribution < -0.4 is 5.73 Å². The number of hydrogen-bond donors (Lipinski definition) is 1. The molecule has 1 aliphatic rings. The number of anilines is 1. The Kier molecular flexibility index (Phi) is 5.67. The number of carbonyl (C=O) groups is 1. The highest BCUT2D eigenvalue weighted by Gasteiger charge is 2.29. The molecule has 4 rings (SSSR count). The number of rotatable bonds is 3. The molecule has 0 unspecified atom stereocenters. The second kappa shape index (κ2) is 8.27. The number of methoxy groups -OCH3 is 1. The molecule has 1 amide bonds. The molecule has 31 heavy (non-hydrogen) atoms. The van der Waals surface area contributed by atoms with Crippen molar-refractivity contribution in [2.24, 2.45) is 0 Å². The van der Waals surface area contributed by atoms with E-state index in [1.807, 2.05) is 0 Å². The van der Waals surface area contributed by atoms with Crippen molar-refractivity contribution < 1.29 is 27.4 Å². The van der Waals surface area contributed by atoms with Crippen LogP contribution in [0.4, 0.5) is 23.7 Å². The number of aromatic nitrogens is 2. The Morgan fingerprint density at radius 3 is 2.68 bits per heavy atom. The third-order valence-electron chi connectivity index (χ3n) is 5.06. The van der Waals surface area contributed by atoms with Crippen LogP contribution in [-0.2, 0) is 15.9 Å². The van der Waals surface area contributed by atoms with Gasteiger partial charge in [-0.15, -0.1) is 0 Å². The zero-order valence-electron chi connectivity index (χ0n) is 16.4. The van der Waals surface area contributed by atoms with Crippen LogP contribution in [0.2, 0.25) is 5.02 Å². The van der Waals surface area contributed by atoms with Gasteiger partial charge in [-0.1, -0.05) is 11.6 Å². The van der Waals surface area contributed by atoms with Gasteiger partial charge in [0, 0.05) is 30.9 Å². The first-order chi connectivity index (χ1) is 14.8. The van der Waals surface area contributed by atoms with Gasteiger partial charge in [-0.25, -0.2) is 22.9 Å². The summed E-state index contributed by atoms with van der Waals surface area (Å²) in [7, 11) is 1.27. The van der Waals surface area contributed by atoms with Crippen molar-refractivity contribution in [3.05, 3.63) is 52.6 Å². The summed E-state index contributed by atoms with van der Waals surface area (Å²) in [6.45, 7) is 0.771. The molecule has 0 radical (unpaired) electrons. The predicted molar refractivity (Wildman–Crippen MR) is 107 cm³/mol. The molecule has 7 nitrogen and oxygen atoms in total. The number of halogens is 4. The van der Waals surface area contributed by atoms with Gasteiger partial charge < -0.3 is 24.5 Å². The molecule has 3 aromatic rings. The standard InChI is InChI=1S/C20H18ClF3N4O3/c1-30-20(29)27-2-3-31-11(8-27)6-16-19(18-13(22)4-10(25)5-14(18)23)26-17-7-12(21)15(24)9-28(16)17/h4-5,7,9,11H,2-3,6,8,25H2,1H3/t11-/m0/s1. The van der Waals surface area contributed by atoms with Gasteiger partial charge in [0.05, 0.1) is 48.3 Å². The van der Waals surface area contributed by atoms with E-state index in [0.717, 1.165) is 18.3 Å². The Bertz CT molecular complexity index is 1150. The van der Waals surface area contributed by atoms with Crippen LogP contribution >= 0.6 is 11.6 Å². The Balaban J connectivity index is 1.82. The number of nitrogens with zero attached hydrogens (tertiary/aromatic N) is 3. The largest absolute Gasteiger partial charge is 0.453 e. The van der Waals surface area contributed by atoms with Gasteiger partial charge in [0.1, 0.15) is 17.3 Å². The fourth-order valence-electron chi connectivity index (χ4n) is 3.66. The SMILES string of the molecule is COC(=O)N1CCO[C@@H](Cc2c(-c3c(F)cc(N)cc3F)nc3cc(Cl)c(F)cn23)C1. The summed E-state index contributed by atoms with van der Waals surface area (Å²) in [5.74, 6) is -2.54. The first-order valence-electron chi connectivity index (χ1n) is 9.33. The van der Waals surface area contributed by atoms with E-state index in [1.165, 1.54) is 22.5 Å². The number of hydrogen-bond acceptors (Lipinski definition) is 5. The fourth-order valence-corrected chi connectivity index (χ4v) is 3.80. The van der Waals surface area contributed by atoms with E-state index in [0.29, 0.717) is 12.2 Å². The minimum atomic E-state index is -0.908. The smallest absolute Gasteiger partial charge is 0.409 e. The second-order valence-electron chi connectivity index (χ2n) is 7.08. The molecule has 11 heteroatoms. The lowest BCUT2D eigenvalue weighted by molar-refractivity contribution is -0.0241. The summed E-state index contributed by atoms with van der Waals surface area (Å²) in [5, 5.41) is -0.181. The first-order valence-corrected chi connectivity index (χ1v) is 9.71. The number of morpholine rings is 1. The van der Waals surface area contributed by atoms with Crippen LogP contribution in [0.25, 0.3) is 16.9 Å². The van der Waals surface area contributed by atoms with Crippen LogP contribution in [0.3, 0.4) is 0 Å². The van der Waals surface area contributed by atoms with Crippen LogP contribution in [-0.4, -0.2) is 53.3 Å². The third-order valence-corrected chi connectivity index (χ3v) is 5.35. The van der Waals surface area contributed by atoms with E-state index in [2.05, 4.69) is 4.98 Å². The predicted octanol–water partition coefficient (Wildman–Crippen LogP) is 3.66. The summed E-state index contributed by atoms with van der Waals surface area (Å²) in [4.78, 5) is 17.6. The minimum Gasteiger partial charge on any atom is -0.453 e. The average molecular weight is 455 g/mol. The quantitative estimate of drug-likeness (QED) is 0.611. The summed E-state index contributed by atoms with van der Waals surface area (Å²) < 4.78 is 55.4. The highest BCUT2D eigenvalue weighted by atomic mass is 35.5. The maximum absolute atomic E-state index is 14.7. The number of imidazole rings is 1. The molecular weight excluding hydrogens is 437 g/mol. The molecule has 1 saturated heterocycles. The van der Waals surface area contributed by atoms with Gasteiger partial charge in [0.15, 0.2) is 5.82 Å². The number of ether oxygens (including phenoxy) is 2. The molecule has 1 fully saturated rings. The normalized spacial score (nSPS) is 16.7. The Morgan fingerprint density at radius 1 is 1.29 bits per heavy atom. The summed E-state index contributed by atoms with van der Waals surface area (Å²) in [6.07, 6.45) is 0.136.